The van der Waals surface area contributed by atoms with Crippen molar-refractivity contribution in [3.05, 3.63) is 30.3 Å². The van der Waals surface area contributed by atoms with Crippen LogP contribution in [0.5, 0.6) is 0 Å². The van der Waals surface area contributed by atoms with Gasteiger partial charge < -0.3 is 10.6 Å². The third-order valence-electron chi connectivity index (χ3n) is 4.83. The lowest BCUT2D eigenvalue weighted by atomic mass is 9.97. The van der Waals surface area contributed by atoms with Crippen molar-refractivity contribution in [3.63, 3.8) is 0 Å². The Morgan fingerprint density at radius 2 is 1.54 bits per heavy atom. The molecule has 1 amide bonds. The average molecular weight is 374 g/mol. The number of carbonyl (C=O) groups excluding carboxylic acids is 1. The Balaban J connectivity index is 0.00000208. The minimum Gasteiger partial charge on any atom is -0.338 e. The molecule has 1 aromatic carbocycles. The second-order valence-electron chi connectivity index (χ2n) is 6.37. The van der Waals surface area contributed by atoms with Crippen molar-refractivity contribution in [1.29, 1.82) is 0 Å². The van der Waals surface area contributed by atoms with E-state index in [9.17, 15) is 13.2 Å². The van der Waals surface area contributed by atoms with Gasteiger partial charge in [0.2, 0.25) is 15.9 Å². The standard InChI is InChI=1S/C16H23N3O3S.ClH/c17-16(8-4-5-9-16)15(20)18-10-12-19(13-11-18)23(21,22)14-6-2-1-3-7-14;/h1-3,6-7H,4-5,8-13,17H2;1H. The van der Waals surface area contributed by atoms with E-state index in [4.69, 9.17) is 5.73 Å². The lowest BCUT2D eigenvalue weighted by Crippen LogP contribution is -2.59. The Bertz CT molecular complexity index is 667. The molecule has 0 unspecified atom stereocenters. The lowest BCUT2D eigenvalue weighted by molar-refractivity contribution is -0.138. The topological polar surface area (TPSA) is 83.7 Å². The summed E-state index contributed by atoms with van der Waals surface area (Å²) in [7, 11) is -3.48. The van der Waals surface area contributed by atoms with Gasteiger partial charge in [-0.1, -0.05) is 31.0 Å². The summed E-state index contributed by atoms with van der Waals surface area (Å²) >= 11 is 0. The summed E-state index contributed by atoms with van der Waals surface area (Å²) in [6.07, 6.45) is 3.44. The first kappa shape index (κ1) is 19.2. The number of amides is 1. The zero-order chi connectivity index (χ0) is 16.5. The SMILES string of the molecule is Cl.NC1(C(=O)N2CCN(S(=O)(=O)c3ccccc3)CC2)CCCC1. The van der Waals surface area contributed by atoms with Crippen LogP contribution in [0.2, 0.25) is 0 Å². The van der Waals surface area contributed by atoms with Gasteiger partial charge in [0.25, 0.3) is 0 Å². The van der Waals surface area contributed by atoms with Gasteiger partial charge in [0.05, 0.1) is 10.4 Å². The molecule has 24 heavy (non-hydrogen) atoms. The van der Waals surface area contributed by atoms with Gasteiger partial charge in [-0.3, -0.25) is 4.79 Å². The maximum absolute atomic E-state index is 12.6. The Labute approximate surface area is 149 Å². The van der Waals surface area contributed by atoms with Gasteiger partial charge in [0.15, 0.2) is 0 Å². The van der Waals surface area contributed by atoms with E-state index in [0.29, 0.717) is 31.1 Å². The Kier molecular flexibility index (Phi) is 5.91. The minimum atomic E-state index is -3.48. The summed E-state index contributed by atoms with van der Waals surface area (Å²) in [5.74, 6) is -0.0215. The van der Waals surface area contributed by atoms with Crippen molar-refractivity contribution in [2.24, 2.45) is 5.73 Å². The molecule has 8 heteroatoms. The second kappa shape index (κ2) is 7.39. The number of nitrogens with two attached hydrogens (primary N) is 1. The Hall–Kier alpha value is -1.15. The number of piperazine rings is 1. The summed E-state index contributed by atoms with van der Waals surface area (Å²) in [4.78, 5) is 14.6. The highest BCUT2D eigenvalue weighted by Crippen LogP contribution is 2.29. The number of halogens is 1. The van der Waals surface area contributed by atoms with Crippen LogP contribution in [0, 0.1) is 0 Å². The molecule has 1 aliphatic heterocycles. The van der Waals surface area contributed by atoms with E-state index >= 15 is 0 Å². The van der Waals surface area contributed by atoms with Gasteiger partial charge in [-0.05, 0) is 25.0 Å². The van der Waals surface area contributed by atoms with Crippen LogP contribution >= 0.6 is 12.4 Å². The van der Waals surface area contributed by atoms with Crippen LogP contribution in [0.3, 0.4) is 0 Å². The van der Waals surface area contributed by atoms with E-state index in [0.717, 1.165) is 25.7 Å². The van der Waals surface area contributed by atoms with Gasteiger partial charge >= 0.3 is 0 Å². The van der Waals surface area contributed by atoms with Crippen LogP contribution in [0.25, 0.3) is 0 Å². The van der Waals surface area contributed by atoms with Crippen molar-refractivity contribution in [3.8, 4) is 0 Å². The minimum absolute atomic E-state index is 0. The molecule has 1 saturated heterocycles. The molecular formula is C16H24ClN3O3S. The summed E-state index contributed by atoms with van der Waals surface area (Å²) < 4.78 is 26.6. The number of rotatable bonds is 3. The van der Waals surface area contributed by atoms with Crippen molar-refractivity contribution < 1.29 is 13.2 Å². The van der Waals surface area contributed by atoms with Crippen LogP contribution in [0.15, 0.2) is 35.2 Å². The largest absolute Gasteiger partial charge is 0.338 e. The zero-order valence-corrected chi connectivity index (χ0v) is 15.2. The Morgan fingerprint density at radius 1 is 1.00 bits per heavy atom. The molecule has 2 aliphatic rings. The van der Waals surface area contributed by atoms with Crippen molar-refractivity contribution >= 4 is 28.3 Å². The first-order valence-electron chi connectivity index (χ1n) is 8.07. The van der Waals surface area contributed by atoms with Crippen molar-refractivity contribution in [2.75, 3.05) is 26.2 Å². The average Bonchev–Trinajstić information content (AvgIpc) is 3.03. The first-order valence-corrected chi connectivity index (χ1v) is 9.51. The lowest BCUT2D eigenvalue weighted by Gasteiger charge is -2.37. The molecule has 2 fully saturated rings. The van der Waals surface area contributed by atoms with Crippen molar-refractivity contribution in [1.82, 2.24) is 9.21 Å². The van der Waals surface area contributed by atoms with E-state index < -0.39 is 15.6 Å². The summed E-state index contributed by atoms with van der Waals surface area (Å²) in [6.45, 7) is 1.45. The summed E-state index contributed by atoms with van der Waals surface area (Å²) in [5.41, 5.74) is 5.49. The maximum atomic E-state index is 12.6. The quantitative estimate of drug-likeness (QED) is 0.863. The summed E-state index contributed by atoms with van der Waals surface area (Å²) in [5, 5.41) is 0. The highest BCUT2D eigenvalue weighted by Gasteiger charge is 2.41. The number of hydrogen-bond acceptors (Lipinski definition) is 4. The molecule has 0 spiro atoms. The van der Waals surface area contributed by atoms with E-state index in [1.807, 2.05) is 0 Å². The predicted molar refractivity (Wildman–Crippen MR) is 94.4 cm³/mol. The molecule has 0 aromatic heterocycles. The predicted octanol–water partition coefficient (Wildman–Crippen LogP) is 1.21. The van der Waals surface area contributed by atoms with Crippen LogP contribution in [-0.2, 0) is 14.8 Å². The van der Waals surface area contributed by atoms with Gasteiger partial charge in [-0.15, -0.1) is 12.4 Å². The third-order valence-corrected chi connectivity index (χ3v) is 6.74. The molecule has 1 aliphatic carbocycles. The molecule has 6 nitrogen and oxygen atoms in total. The molecule has 1 heterocycles. The molecule has 0 radical (unpaired) electrons. The van der Waals surface area contributed by atoms with E-state index in [-0.39, 0.29) is 18.3 Å². The molecule has 3 rings (SSSR count). The highest BCUT2D eigenvalue weighted by molar-refractivity contribution is 7.89. The molecule has 0 bridgehead atoms. The fourth-order valence-corrected chi connectivity index (χ4v) is 4.85. The molecular weight excluding hydrogens is 350 g/mol. The number of carbonyl (C=O) groups is 1. The molecule has 0 atom stereocenters. The fraction of sp³-hybridized carbons (Fsp3) is 0.562. The number of hydrogen-bond donors (Lipinski definition) is 1. The van der Waals surface area contributed by atoms with Gasteiger partial charge in [-0.25, -0.2) is 8.42 Å². The van der Waals surface area contributed by atoms with E-state index in [1.165, 1.54) is 4.31 Å². The van der Waals surface area contributed by atoms with E-state index in [1.54, 1.807) is 35.2 Å². The highest BCUT2D eigenvalue weighted by atomic mass is 35.5. The van der Waals surface area contributed by atoms with E-state index in [2.05, 4.69) is 0 Å². The van der Waals surface area contributed by atoms with Crippen molar-refractivity contribution in [2.45, 2.75) is 36.1 Å². The normalized spacial score (nSPS) is 21.3. The molecule has 2 N–H and O–H groups in total. The van der Waals surface area contributed by atoms with Gasteiger partial charge in [-0.2, -0.15) is 4.31 Å². The zero-order valence-electron chi connectivity index (χ0n) is 13.6. The van der Waals surface area contributed by atoms with Crippen LogP contribution in [0.1, 0.15) is 25.7 Å². The smallest absolute Gasteiger partial charge is 0.243 e. The number of benzene rings is 1. The monoisotopic (exact) mass is 373 g/mol. The first-order chi connectivity index (χ1) is 10.9. The van der Waals surface area contributed by atoms with Gasteiger partial charge in [0, 0.05) is 26.2 Å². The number of sulfonamides is 1. The fourth-order valence-electron chi connectivity index (χ4n) is 3.41. The maximum Gasteiger partial charge on any atom is 0.243 e. The number of nitrogens with zero attached hydrogens (tertiary/aromatic N) is 2. The van der Waals surface area contributed by atoms with Gasteiger partial charge in [0.1, 0.15) is 0 Å². The summed E-state index contributed by atoms with van der Waals surface area (Å²) in [6, 6.07) is 8.41. The van der Waals surface area contributed by atoms with Crippen LogP contribution in [-0.4, -0.2) is 55.2 Å². The second-order valence-corrected chi connectivity index (χ2v) is 8.31. The molecule has 1 aromatic rings. The Morgan fingerprint density at radius 3 is 2.08 bits per heavy atom. The molecule has 1 saturated carbocycles. The molecule has 134 valence electrons. The van der Waals surface area contributed by atoms with Crippen LogP contribution < -0.4 is 5.73 Å². The third kappa shape index (κ3) is 3.59. The van der Waals surface area contributed by atoms with Crippen LogP contribution in [0.4, 0.5) is 0 Å².